The van der Waals surface area contributed by atoms with Gasteiger partial charge in [-0.05, 0) is 61.6 Å². The Hall–Kier alpha value is -2.39. The molecule has 0 bridgehead atoms. The van der Waals surface area contributed by atoms with Crippen molar-refractivity contribution in [3.8, 4) is 0 Å². The number of amides is 1. The molecule has 2 saturated carbocycles. The molecule has 1 aromatic carbocycles. The van der Waals surface area contributed by atoms with E-state index in [2.05, 4.69) is 10.4 Å². The van der Waals surface area contributed by atoms with Crippen molar-refractivity contribution in [3.05, 3.63) is 41.0 Å². The topological polar surface area (TPSA) is 107 Å². The maximum atomic E-state index is 13.5. The SMILES string of the molecule is COC(=O)C1CCC(Cn2ccc(NC(=O)[C@H](CC3CCCC3)c3ccc(S(C)(=O)=O)c(Cl)c3)n2)CC1. The highest BCUT2D eigenvalue weighted by molar-refractivity contribution is 7.90. The molecule has 2 aliphatic carbocycles. The van der Waals surface area contributed by atoms with Crippen LogP contribution in [0, 0.1) is 17.8 Å². The van der Waals surface area contributed by atoms with Crippen molar-refractivity contribution in [3.63, 3.8) is 0 Å². The van der Waals surface area contributed by atoms with Gasteiger partial charge in [-0.15, -0.1) is 0 Å². The zero-order valence-electron chi connectivity index (χ0n) is 21.5. The van der Waals surface area contributed by atoms with Gasteiger partial charge in [0, 0.05) is 25.1 Å². The van der Waals surface area contributed by atoms with Crippen molar-refractivity contribution in [2.75, 3.05) is 18.7 Å². The van der Waals surface area contributed by atoms with Gasteiger partial charge in [-0.3, -0.25) is 14.3 Å². The third kappa shape index (κ3) is 7.13. The van der Waals surface area contributed by atoms with E-state index >= 15 is 0 Å². The average molecular weight is 550 g/mol. The molecule has 0 saturated heterocycles. The summed E-state index contributed by atoms with van der Waals surface area (Å²) in [5.74, 6) is 0.611. The average Bonchev–Trinajstić information content (AvgIpc) is 3.53. The van der Waals surface area contributed by atoms with Crippen molar-refractivity contribution < 1.29 is 22.7 Å². The van der Waals surface area contributed by atoms with Crippen LogP contribution in [0.2, 0.25) is 5.02 Å². The van der Waals surface area contributed by atoms with Crippen LogP contribution in [-0.4, -0.2) is 43.4 Å². The highest BCUT2D eigenvalue weighted by atomic mass is 35.5. The van der Waals surface area contributed by atoms with Crippen LogP contribution in [0.3, 0.4) is 0 Å². The molecule has 8 nitrogen and oxygen atoms in total. The molecule has 1 heterocycles. The van der Waals surface area contributed by atoms with Crippen LogP contribution >= 0.6 is 11.6 Å². The lowest BCUT2D eigenvalue weighted by molar-refractivity contribution is -0.146. The molecule has 2 fully saturated rings. The van der Waals surface area contributed by atoms with Gasteiger partial charge in [0.15, 0.2) is 15.7 Å². The Morgan fingerprint density at radius 1 is 1.11 bits per heavy atom. The van der Waals surface area contributed by atoms with E-state index in [0.717, 1.165) is 51.3 Å². The van der Waals surface area contributed by atoms with Crippen LogP contribution in [0.4, 0.5) is 5.82 Å². The minimum Gasteiger partial charge on any atom is -0.469 e. The maximum absolute atomic E-state index is 13.5. The van der Waals surface area contributed by atoms with E-state index in [4.69, 9.17) is 16.3 Å². The molecule has 0 spiro atoms. The van der Waals surface area contributed by atoms with Crippen molar-refractivity contribution in [1.29, 1.82) is 0 Å². The monoisotopic (exact) mass is 549 g/mol. The van der Waals surface area contributed by atoms with E-state index in [9.17, 15) is 18.0 Å². The van der Waals surface area contributed by atoms with Crippen LogP contribution in [0.15, 0.2) is 35.4 Å². The minimum atomic E-state index is -3.45. The zero-order valence-corrected chi connectivity index (χ0v) is 23.1. The first-order chi connectivity index (χ1) is 17.6. The van der Waals surface area contributed by atoms with Crippen molar-refractivity contribution in [2.45, 2.75) is 75.1 Å². The van der Waals surface area contributed by atoms with Gasteiger partial charge in [-0.2, -0.15) is 5.10 Å². The second-order valence-corrected chi connectivity index (χ2v) is 12.9. The molecule has 1 atom stereocenters. The number of esters is 1. The van der Waals surface area contributed by atoms with Gasteiger partial charge < -0.3 is 10.1 Å². The quantitative estimate of drug-likeness (QED) is 0.430. The molecule has 2 aliphatic rings. The van der Waals surface area contributed by atoms with Crippen LogP contribution in [0.1, 0.15) is 69.3 Å². The van der Waals surface area contributed by atoms with E-state index < -0.39 is 15.8 Å². The van der Waals surface area contributed by atoms with Crippen molar-refractivity contribution in [2.24, 2.45) is 17.8 Å². The molecule has 4 rings (SSSR count). The Morgan fingerprint density at radius 3 is 2.43 bits per heavy atom. The number of ether oxygens (including phenoxy) is 1. The van der Waals surface area contributed by atoms with Crippen LogP contribution < -0.4 is 5.32 Å². The van der Waals surface area contributed by atoms with E-state index in [1.165, 1.54) is 26.0 Å². The second-order valence-electron chi connectivity index (χ2n) is 10.6. The fourth-order valence-electron chi connectivity index (χ4n) is 5.76. The molecule has 1 amide bonds. The van der Waals surface area contributed by atoms with Gasteiger partial charge in [-0.25, -0.2) is 8.42 Å². The molecule has 1 aromatic heterocycles. The Bertz CT molecular complexity index is 1210. The van der Waals surface area contributed by atoms with Crippen LogP contribution in [0.25, 0.3) is 0 Å². The summed E-state index contributed by atoms with van der Waals surface area (Å²) in [6.07, 6.45) is 11.7. The molecule has 37 heavy (non-hydrogen) atoms. The molecule has 1 N–H and O–H groups in total. The number of methoxy groups -OCH3 is 1. The first-order valence-electron chi connectivity index (χ1n) is 13.1. The van der Waals surface area contributed by atoms with Gasteiger partial charge in [-0.1, -0.05) is 43.4 Å². The second kappa shape index (κ2) is 12.0. The summed E-state index contributed by atoms with van der Waals surface area (Å²) < 4.78 is 30.7. The zero-order chi connectivity index (χ0) is 26.6. The van der Waals surface area contributed by atoms with Crippen LogP contribution in [-0.2, 0) is 30.7 Å². The Labute approximate surface area is 224 Å². The van der Waals surface area contributed by atoms with Gasteiger partial charge in [0.1, 0.15) is 0 Å². The van der Waals surface area contributed by atoms with Gasteiger partial charge in [0.05, 0.1) is 28.9 Å². The number of sulfone groups is 1. The summed E-state index contributed by atoms with van der Waals surface area (Å²) in [6, 6.07) is 6.60. The standard InChI is InChI=1S/C27H36ClN3O5S/c1-36-27(33)20-9-7-19(8-10-20)17-31-14-13-25(30-31)29-26(32)22(15-18-5-3-4-6-18)21-11-12-24(23(28)16-21)37(2,34)35/h11-14,16,18-20,22H,3-10,15,17H2,1-2H3,(H,29,30,32)/t19?,20?,22-/m1/s1. The summed E-state index contributed by atoms with van der Waals surface area (Å²) in [7, 11) is -2.02. The molecule has 0 radical (unpaired) electrons. The predicted octanol–water partition coefficient (Wildman–Crippen LogP) is 5.22. The maximum Gasteiger partial charge on any atom is 0.308 e. The van der Waals surface area contributed by atoms with E-state index in [0.29, 0.717) is 29.6 Å². The summed E-state index contributed by atoms with van der Waals surface area (Å²) in [5, 5.41) is 7.68. The normalized spacial score (nSPS) is 21.5. The van der Waals surface area contributed by atoms with Crippen molar-refractivity contribution >= 4 is 39.1 Å². The number of anilines is 1. The number of nitrogens with one attached hydrogen (secondary N) is 1. The first kappa shape index (κ1) is 27.6. The van der Waals surface area contributed by atoms with E-state index in [1.807, 2.05) is 10.9 Å². The minimum absolute atomic E-state index is 0.00877. The van der Waals surface area contributed by atoms with Crippen LogP contribution in [0.5, 0.6) is 0 Å². The van der Waals surface area contributed by atoms with E-state index in [1.54, 1.807) is 18.2 Å². The molecular formula is C27H36ClN3O5S. The number of aromatic nitrogens is 2. The molecular weight excluding hydrogens is 514 g/mol. The summed E-state index contributed by atoms with van der Waals surface area (Å²) in [6.45, 7) is 0.734. The Morgan fingerprint density at radius 2 is 1.81 bits per heavy atom. The lowest BCUT2D eigenvalue weighted by Gasteiger charge is -2.26. The molecule has 2 aromatic rings. The molecule has 202 valence electrons. The third-order valence-electron chi connectivity index (χ3n) is 7.84. The molecule has 10 heteroatoms. The highest BCUT2D eigenvalue weighted by Gasteiger charge is 2.29. The number of carbonyl (C=O) groups excluding carboxylic acids is 2. The predicted molar refractivity (Wildman–Crippen MR) is 142 cm³/mol. The number of hydrogen-bond donors (Lipinski definition) is 1. The number of halogens is 1. The largest absolute Gasteiger partial charge is 0.469 e. The summed E-state index contributed by atoms with van der Waals surface area (Å²) >= 11 is 6.32. The number of rotatable bonds is 9. The summed E-state index contributed by atoms with van der Waals surface area (Å²) in [5.41, 5.74) is 0.712. The number of benzene rings is 1. The van der Waals surface area contributed by atoms with Gasteiger partial charge >= 0.3 is 5.97 Å². The van der Waals surface area contributed by atoms with Gasteiger partial charge in [0.2, 0.25) is 5.91 Å². The third-order valence-corrected chi connectivity index (χ3v) is 9.42. The Kier molecular flexibility index (Phi) is 8.95. The first-order valence-corrected chi connectivity index (χ1v) is 15.3. The van der Waals surface area contributed by atoms with Gasteiger partial charge in [0.25, 0.3) is 0 Å². The lowest BCUT2D eigenvalue weighted by Crippen LogP contribution is -2.25. The smallest absolute Gasteiger partial charge is 0.308 e. The van der Waals surface area contributed by atoms with Crippen molar-refractivity contribution in [1.82, 2.24) is 9.78 Å². The molecule has 0 unspecified atom stereocenters. The summed E-state index contributed by atoms with van der Waals surface area (Å²) in [4.78, 5) is 25.3. The van der Waals surface area contributed by atoms with E-state index in [-0.39, 0.29) is 27.7 Å². The fraction of sp³-hybridized carbons (Fsp3) is 0.593. The fourth-order valence-corrected chi connectivity index (χ4v) is 7.10. The lowest BCUT2D eigenvalue weighted by atomic mass is 9.82. The highest BCUT2D eigenvalue weighted by Crippen LogP contribution is 2.36. The Balaban J connectivity index is 1.43. The molecule has 0 aliphatic heterocycles. The number of hydrogen-bond acceptors (Lipinski definition) is 6. The number of carbonyl (C=O) groups is 2. The number of nitrogens with zero attached hydrogens (tertiary/aromatic N) is 2.